The number of carbonyl (C=O) groups excluding carboxylic acids is 1. The number of aryl methyl sites for hydroxylation is 1. The van der Waals surface area contributed by atoms with E-state index in [1.807, 2.05) is 25.3 Å². The molecule has 2 heterocycles. The van der Waals surface area contributed by atoms with Gasteiger partial charge in [0.1, 0.15) is 17.6 Å². The van der Waals surface area contributed by atoms with E-state index in [0.717, 1.165) is 115 Å². The first-order chi connectivity index (χ1) is 25.8. The lowest BCUT2D eigenvalue weighted by Gasteiger charge is -2.50. The Morgan fingerprint density at radius 3 is 2.66 bits per heavy atom. The maximum Gasteiger partial charge on any atom is 0.150 e. The second kappa shape index (κ2) is 20.0. The van der Waals surface area contributed by atoms with Crippen molar-refractivity contribution in [2.24, 2.45) is 17.8 Å². The Kier molecular flexibility index (Phi) is 15.8. The van der Waals surface area contributed by atoms with Gasteiger partial charge in [0.05, 0.1) is 36.5 Å². The molecule has 2 aliphatic heterocycles. The van der Waals surface area contributed by atoms with Crippen molar-refractivity contribution in [3.05, 3.63) is 71.3 Å². The molecule has 2 aromatic rings. The number of carbonyl (C=O) groups is 1. The van der Waals surface area contributed by atoms with E-state index in [2.05, 4.69) is 81.7 Å². The molecule has 1 saturated carbocycles. The lowest BCUT2D eigenvalue weighted by Crippen LogP contribution is -2.56. The zero-order chi connectivity index (χ0) is 37.8. The highest BCUT2D eigenvalue weighted by Crippen LogP contribution is 2.48. The lowest BCUT2D eigenvalue weighted by atomic mass is 9.63. The summed E-state index contributed by atoms with van der Waals surface area (Å²) < 4.78 is 34.3. The van der Waals surface area contributed by atoms with Crippen molar-refractivity contribution in [2.45, 2.75) is 68.6 Å². The van der Waals surface area contributed by atoms with Crippen molar-refractivity contribution in [2.75, 3.05) is 91.1 Å². The SMILES string of the molecule is CCl.CNS(=O)C(C)C(C)C/C=C/[C@@](CNCCN1CCOCC1)(OC)C1CCC1CN1C[C@@]2(CCCc3ccccc32)COc2ccc(C=O)cc21. The van der Waals surface area contributed by atoms with Gasteiger partial charge in [-0.1, -0.05) is 43.3 Å². The molecule has 2 N–H and O–H groups in total. The van der Waals surface area contributed by atoms with Gasteiger partial charge in [0.15, 0.2) is 0 Å². The zero-order valence-corrected chi connectivity index (χ0v) is 34.2. The first-order valence-corrected chi connectivity index (χ1v) is 21.5. The van der Waals surface area contributed by atoms with Crippen molar-refractivity contribution < 1.29 is 23.2 Å². The summed E-state index contributed by atoms with van der Waals surface area (Å²) in [4.78, 5) is 17.0. The molecule has 1 saturated heterocycles. The Labute approximate surface area is 326 Å². The summed E-state index contributed by atoms with van der Waals surface area (Å²) in [6.45, 7) is 12.7. The van der Waals surface area contributed by atoms with E-state index in [1.54, 1.807) is 7.05 Å². The quantitative estimate of drug-likeness (QED) is 0.0929. The Morgan fingerprint density at radius 2 is 1.94 bits per heavy atom. The highest BCUT2D eigenvalue weighted by molar-refractivity contribution is 7.83. The van der Waals surface area contributed by atoms with Gasteiger partial charge in [-0.05, 0) is 99.6 Å². The van der Waals surface area contributed by atoms with Crippen molar-refractivity contribution >= 4 is 34.6 Å². The van der Waals surface area contributed by atoms with Crippen LogP contribution >= 0.6 is 11.6 Å². The molecule has 0 radical (unpaired) electrons. The maximum absolute atomic E-state index is 12.5. The van der Waals surface area contributed by atoms with Crippen LogP contribution in [0.5, 0.6) is 5.75 Å². The Balaban J connectivity index is 0.00000266. The van der Waals surface area contributed by atoms with Gasteiger partial charge in [-0.25, -0.2) is 8.93 Å². The van der Waals surface area contributed by atoms with Gasteiger partial charge in [-0.3, -0.25) is 9.69 Å². The molecule has 2 aromatic carbocycles. The standard InChI is InChI=1S/C41H60N4O5S.CH3Cl/c1-31(32(2)51(47)42-3)9-7-18-41(48-4,28-43-19-20-44-21-23-49-24-22-44)37-15-14-35(37)26-45-29-40(17-8-11-34-10-5-6-12-36(34)40)30-50-39-16-13-33(27-46)25-38(39)45;1-2/h5-7,10,12-13,16,18,25,27,31-32,35,37,42-43H,8-9,11,14-15,17,19-24,26,28-30H2,1-4H3;1H3/b18-7+;/t31?,32?,35?,37?,40-,41-,51?;/m0./s1. The molecule has 11 heteroatoms. The van der Waals surface area contributed by atoms with Crippen molar-refractivity contribution in [3.8, 4) is 5.75 Å². The molecule has 4 aliphatic rings. The van der Waals surface area contributed by atoms with Crippen LogP contribution in [0.2, 0.25) is 0 Å². The summed E-state index contributed by atoms with van der Waals surface area (Å²) in [7, 11) is 2.56. The number of allylic oxidation sites excluding steroid dienone is 1. The predicted octanol–water partition coefficient (Wildman–Crippen LogP) is 6.01. The number of rotatable bonds is 16. The summed E-state index contributed by atoms with van der Waals surface area (Å²) >= 11 is 4.64. The summed E-state index contributed by atoms with van der Waals surface area (Å²) in [5.41, 5.74) is 3.94. The smallest absolute Gasteiger partial charge is 0.150 e. The molecule has 7 atom stereocenters. The monoisotopic (exact) mass is 770 g/mol. The first-order valence-electron chi connectivity index (χ1n) is 19.6. The van der Waals surface area contributed by atoms with Gasteiger partial charge in [0.2, 0.25) is 0 Å². The molecule has 9 nitrogen and oxygen atoms in total. The molecular weight excluding hydrogens is 708 g/mol. The van der Waals surface area contributed by atoms with Crippen LogP contribution in [-0.2, 0) is 32.3 Å². The third kappa shape index (κ3) is 9.93. The number of methoxy groups -OCH3 is 1. The number of nitrogens with zero attached hydrogens (tertiary/aromatic N) is 2. The van der Waals surface area contributed by atoms with E-state index in [-0.39, 0.29) is 16.6 Å². The van der Waals surface area contributed by atoms with Gasteiger partial charge < -0.3 is 24.4 Å². The summed E-state index contributed by atoms with van der Waals surface area (Å²) in [5.74, 6) is 1.82. The third-order valence-corrected chi connectivity index (χ3v) is 13.9. The van der Waals surface area contributed by atoms with E-state index in [1.165, 1.54) is 17.5 Å². The molecule has 0 bridgehead atoms. The van der Waals surface area contributed by atoms with Gasteiger partial charge in [0, 0.05) is 75.5 Å². The minimum absolute atomic E-state index is 0.0403. The topological polar surface area (TPSA) is 92.4 Å². The molecule has 2 aliphatic carbocycles. The summed E-state index contributed by atoms with van der Waals surface area (Å²) in [6, 6.07) is 14.8. The average Bonchev–Trinajstić information content (AvgIpc) is 3.35. The highest BCUT2D eigenvalue weighted by Gasteiger charge is 2.49. The van der Waals surface area contributed by atoms with E-state index in [9.17, 15) is 9.00 Å². The van der Waals surface area contributed by atoms with Crippen LogP contribution in [0, 0.1) is 17.8 Å². The molecule has 2 fully saturated rings. The number of ether oxygens (including phenoxy) is 3. The Hall–Kier alpha value is -2.31. The number of halogens is 1. The fourth-order valence-corrected chi connectivity index (χ4v) is 9.81. The zero-order valence-electron chi connectivity index (χ0n) is 32.6. The van der Waals surface area contributed by atoms with E-state index in [4.69, 9.17) is 14.2 Å². The van der Waals surface area contributed by atoms with Crippen LogP contribution in [0.4, 0.5) is 5.69 Å². The van der Waals surface area contributed by atoms with Crippen molar-refractivity contribution in [1.29, 1.82) is 0 Å². The molecule has 53 heavy (non-hydrogen) atoms. The number of alkyl halides is 1. The Morgan fingerprint density at radius 1 is 1.15 bits per heavy atom. The molecule has 0 aromatic heterocycles. The molecule has 294 valence electrons. The predicted molar refractivity (Wildman–Crippen MR) is 218 cm³/mol. The fourth-order valence-electron chi connectivity index (χ4n) is 8.91. The molecule has 0 amide bonds. The van der Waals surface area contributed by atoms with Gasteiger partial charge in [-0.2, -0.15) is 0 Å². The first kappa shape index (κ1) is 41.8. The van der Waals surface area contributed by atoms with Crippen LogP contribution in [-0.4, -0.2) is 112 Å². The van der Waals surface area contributed by atoms with Crippen LogP contribution in [0.25, 0.3) is 0 Å². The van der Waals surface area contributed by atoms with Crippen LogP contribution in [0.1, 0.15) is 67.4 Å². The van der Waals surface area contributed by atoms with Crippen molar-refractivity contribution in [1.82, 2.24) is 14.9 Å². The van der Waals surface area contributed by atoms with Gasteiger partial charge >= 0.3 is 0 Å². The van der Waals surface area contributed by atoms with E-state index < -0.39 is 16.6 Å². The second-order valence-electron chi connectivity index (χ2n) is 15.4. The van der Waals surface area contributed by atoms with Gasteiger partial charge in [-0.15, -0.1) is 11.6 Å². The van der Waals surface area contributed by atoms with Crippen LogP contribution in [0.3, 0.4) is 0 Å². The number of aldehydes is 1. The minimum atomic E-state index is -1.07. The van der Waals surface area contributed by atoms with E-state index in [0.29, 0.717) is 24.0 Å². The average molecular weight is 772 g/mol. The molecule has 5 unspecified atom stereocenters. The van der Waals surface area contributed by atoms with Crippen molar-refractivity contribution in [3.63, 3.8) is 0 Å². The normalized spacial score (nSPS) is 25.7. The summed E-state index contributed by atoms with van der Waals surface area (Å²) in [6.07, 6.45) is 13.4. The third-order valence-electron chi connectivity index (χ3n) is 12.4. The number of hydrogen-bond acceptors (Lipinski definition) is 8. The second-order valence-corrected chi connectivity index (χ2v) is 17.1. The minimum Gasteiger partial charge on any atom is -0.490 e. The Bertz CT molecular complexity index is 1520. The largest absolute Gasteiger partial charge is 0.490 e. The van der Waals surface area contributed by atoms with E-state index >= 15 is 0 Å². The number of anilines is 1. The molecule has 6 rings (SSSR count). The number of morpholine rings is 1. The molecule has 1 spiro atoms. The number of benzene rings is 2. The molecular formula is C42H63ClN4O5S. The van der Waals surface area contributed by atoms with Crippen LogP contribution < -0.4 is 19.7 Å². The number of hydrogen-bond donors (Lipinski definition) is 2. The lowest BCUT2D eigenvalue weighted by molar-refractivity contribution is -0.0735. The van der Waals surface area contributed by atoms with Crippen LogP contribution in [0.15, 0.2) is 54.6 Å². The highest BCUT2D eigenvalue weighted by atomic mass is 35.5. The number of nitrogens with one attached hydrogen (secondary N) is 2. The fraction of sp³-hybridized carbons (Fsp3) is 0.643. The summed E-state index contributed by atoms with van der Waals surface area (Å²) in [5, 5.41) is 3.83. The maximum atomic E-state index is 12.5. The number of fused-ring (bicyclic) bond motifs is 3. The van der Waals surface area contributed by atoms with Gasteiger partial charge in [0.25, 0.3) is 0 Å².